The second-order valence-corrected chi connectivity index (χ2v) is 8.66. The van der Waals surface area contributed by atoms with E-state index in [4.69, 9.17) is 0 Å². The predicted molar refractivity (Wildman–Crippen MR) is 128 cm³/mol. The van der Waals surface area contributed by atoms with Gasteiger partial charge in [-0.2, -0.15) is 0 Å². The number of nitrogens with zero attached hydrogens (tertiary/aromatic N) is 2. The highest BCUT2D eigenvalue weighted by Gasteiger charge is 2.18. The molecule has 0 aliphatic heterocycles. The minimum absolute atomic E-state index is 0.104. The minimum atomic E-state index is -0.696. The van der Waals surface area contributed by atoms with Crippen LogP contribution in [0.4, 0.5) is 0 Å². The normalized spacial score (nSPS) is 12.0. The summed E-state index contributed by atoms with van der Waals surface area (Å²) in [6.07, 6.45) is 1.72. The molecular weight excluding hydrogens is 422 g/mol. The van der Waals surface area contributed by atoms with Crippen molar-refractivity contribution in [1.29, 1.82) is 0 Å². The third-order valence-electron chi connectivity index (χ3n) is 5.42. The number of rotatable bonds is 8. The highest BCUT2D eigenvalue weighted by molar-refractivity contribution is 7.10. The van der Waals surface area contributed by atoms with Crippen LogP contribution in [-0.2, 0) is 17.9 Å². The van der Waals surface area contributed by atoms with Gasteiger partial charge < -0.3 is 5.32 Å². The van der Waals surface area contributed by atoms with Gasteiger partial charge >= 0.3 is 11.1 Å². The molecule has 0 spiro atoms. The molecule has 0 bridgehead atoms. The van der Waals surface area contributed by atoms with Gasteiger partial charge in [0.05, 0.1) is 23.6 Å². The van der Waals surface area contributed by atoms with Gasteiger partial charge in [-0.05, 0) is 35.6 Å². The number of carbonyl (C=O) groups is 1. The summed E-state index contributed by atoms with van der Waals surface area (Å²) in [5.74, 6) is -0.288. The first-order chi connectivity index (χ1) is 15.6. The van der Waals surface area contributed by atoms with E-state index in [9.17, 15) is 14.4 Å². The van der Waals surface area contributed by atoms with Crippen molar-refractivity contribution in [2.45, 2.75) is 38.9 Å². The van der Waals surface area contributed by atoms with Crippen molar-refractivity contribution < 1.29 is 4.79 Å². The molecule has 0 aliphatic rings. The Balaban J connectivity index is 1.68. The number of benzene rings is 2. The molecule has 1 atom stereocenters. The summed E-state index contributed by atoms with van der Waals surface area (Å²) in [4.78, 5) is 40.0. The molecule has 1 amide bonds. The summed E-state index contributed by atoms with van der Waals surface area (Å²) < 4.78 is 2.76. The topological polar surface area (TPSA) is 73.1 Å². The summed E-state index contributed by atoms with van der Waals surface area (Å²) in [6.45, 7) is 2.16. The lowest BCUT2D eigenvalue weighted by Crippen LogP contribution is -2.44. The molecule has 0 saturated carbocycles. The maximum absolute atomic E-state index is 13.0. The molecule has 0 fully saturated rings. The first-order valence-electron chi connectivity index (χ1n) is 10.7. The zero-order valence-electron chi connectivity index (χ0n) is 17.9. The molecule has 2 aromatic heterocycles. The van der Waals surface area contributed by atoms with E-state index in [-0.39, 0.29) is 18.5 Å². The van der Waals surface area contributed by atoms with Crippen molar-refractivity contribution in [3.8, 4) is 0 Å². The average molecular weight is 448 g/mol. The van der Waals surface area contributed by atoms with Crippen LogP contribution in [0.3, 0.4) is 0 Å². The molecule has 164 valence electrons. The van der Waals surface area contributed by atoms with Gasteiger partial charge in [0.25, 0.3) is 0 Å². The van der Waals surface area contributed by atoms with E-state index in [2.05, 4.69) is 12.2 Å². The van der Waals surface area contributed by atoms with E-state index in [1.807, 2.05) is 53.9 Å². The zero-order valence-corrected chi connectivity index (χ0v) is 18.7. The Labute approximate surface area is 189 Å². The fraction of sp³-hybridized carbons (Fsp3) is 0.240. The number of aromatic nitrogens is 2. The van der Waals surface area contributed by atoms with Crippen molar-refractivity contribution in [3.63, 3.8) is 0 Å². The summed E-state index contributed by atoms with van der Waals surface area (Å²) in [7, 11) is 0. The molecule has 4 aromatic rings. The maximum atomic E-state index is 13.0. The molecule has 1 N–H and O–H groups in total. The number of fused-ring (bicyclic) bond motifs is 1. The van der Waals surface area contributed by atoms with Crippen LogP contribution in [0.2, 0.25) is 0 Å². The van der Waals surface area contributed by atoms with E-state index >= 15 is 0 Å². The Morgan fingerprint density at radius 3 is 2.22 bits per heavy atom. The van der Waals surface area contributed by atoms with Crippen LogP contribution in [0.5, 0.6) is 0 Å². The van der Waals surface area contributed by atoms with Crippen molar-refractivity contribution >= 4 is 28.3 Å². The Morgan fingerprint density at radius 2 is 1.56 bits per heavy atom. The van der Waals surface area contributed by atoms with Gasteiger partial charge in [0.2, 0.25) is 5.91 Å². The number of carbonyl (C=O) groups excluding carboxylic acids is 1. The van der Waals surface area contributed by atoms with Crippen LogP contribution in [-0.4, -0.2) is 15.0 Å². The van der Waals surface area contributed by atoms with E-state index < -0.39 is 11.1 Å². The fourth-order valence-corrected chi connectivity index (χ4v) is 4.71. The second-order valence-electron chi connectivity index (χ2n) is 7.68. The lowest BCUT2D eigenvalue weighted by Gasteiger charge is -2.19. The van der Waals surface area contributed by atoms with Gasteiger partial charge in [-0.3, -0.25) is 23.5 Å². The van der Waals surface area contributed by atoms with E-state index in [1.165, 1.54) is 9.13 Å². The molecule has 32 heavy (non-hydrogen) atoms. The maximum Gasteiger partial charge on any atom is 0.317 e. The highest BCUT2D eigenvalue weighted by atomic mass is 32.1. The van der Waals surface area contributed by atoms with Crippen LogP contribution in [0.1, 0.15) is 36.2 Å². The van der Waals surface area contributed by atoms with Crippen molar-refractivity contribution in [2.75, 3.05) is 0 Å². The summed E-state index contributed by atoms with van der Waals surface area (Å²) >= 11 is 1.59. The van der Waals surface area contributed by atoms with E-state index in [0.29, 0.717) is 17.6 Å². The predicted octanol–water partition coefficient (Wildman–Crippen LogP) is 3.93. The third-order valence-corrected chi connectivity index (χ3v) is 6.41. The number of nitrogens with one attached hydrogen (secondary N) is 1. The lowest BCUT2D eigenvalue weighted by atomic mass is 10.1. The van der Waals surface area contributed by atoms with Crippen LogP contribution in [0.15, 0.2) is 81.7 Å². The quantitative estimate of drug-likeness (QED) is 0.416. The summed E-state index contributed by atoms with van der Waals surface area (Å²) in [5, 5.41) is 5.02. The standard InChI is InChI=1S/C25H25N3O3S/c1-2-9-19(22-14-8-15-32-22)26-23(29)17-28-21-13-7-6-12-20(21)27(24(30)25(28)31)16-18-10-4-3-5-11-18/h3-8,10-15,19H,2,9,16-17H2,1H3,(H,26,29)/t19-/m1/s1. The number of hydrogen-bond donors (Lipinski definition) is 1. The van der Waals surface area contributed by atoms with Crippen LogP contribution >= 0.6 is 11.3 Å². The minimum Gasteiger partial charge on any atom is -0.347 e. The Bertz CT molecular complexity index is 1320. The van der Waals surface area contributed by atoms with Crippen LogP contribution < -0.4 is 16.4 Å². The molecule has 2 aromatic carbocycles. The molecule has 7 heteroatoms. The van der Waals surface area contributed by atoms with Gasteiger partial charge in [0.1, 0.15) is 6.54 Å². The smallest absolute Gasteiger partial charge is 0.317 e. The van der Waals surface area contributed by atoms with Crippen molar-refractivity contribution in [1.82, 2.24) is 14.5 Å². The first-order valence-corrected chi connectivity index (χ1v) is 11.6. The van der Waals surface area contributed by atoms with E-state index in [0.717, 1.165) is 23.3 Å². The largest absolute Gasteiger partial charge is 0.347 e. The molecule has 0 aliphatic carbocycles. The van der Waals surface area contributed by atoms with Crippen LogP contribution in [0.25, 0.3) is 11.0 Å². The van der Waals surface area contributed by atoms with Gasteiger partial charge in [0, 0.05) is 4.88 Å². The lowest BCUT2D eigenvalue weighted by molar-refractivity contribution is -0.122. The monoisotopic (exact) mass is 447 g/mol. The molecule has 6 nitrogen and oxygen atoms in total. The highest BCUT2D eigenvalue weighted by Crippen LogP contribution is 2.23. The molecule has 2 heterocycles. The first kappa shape index (κ1) is 21.8. The summed E-state index contributed by atoms with van der Waals surface area (Å²) in [5.41, 5.74) is 0.776. The van der Waals surface area contributed by atoms with Gasteiger partial charge in [-0.15, -0.1) is 11.3 Å². The van der Waals surface area contributed by atoms with Crippen molar-refractivity contribution in [3.05, 3.63) is 103 Å². The molecule has 0 radical (unpaired) electrons. The third kappa shape index (κ3) is 4.57. The molecule has 4 rings (SSSR count). The van der Waals surface area contributed by atoms with E-state index in [1.54, 1.807) is 29.5 Å². The second kappa shape index (κ2) is 9.78. The molecule has 0 saturated heterocycles. The molecule has 0 unspecified atom stereocenters. The fourth-order valence-electron chi connectivity index (χ4n) is 3.90. The van der Waals surface area contributed by atoms with Crippen LogP contribution in [0, 0.1) is 0 Å². The van der Waals surface area contributed by atoms with Gasteiger partial charge in [-0.25, -0.2) is 0 Å². The van der Waals surface area contributed by atoms with Crippen molar-refractivity contribution in [2.24, 2.45) is 0 Å². The average Bonchev–Trinajstić information content (AvgIpc) is 3.35. The number of para-hydroxylation sites is 2. The SMILES string of the molecule is CCC[C@@H](NC(=O)Cn1c(=O)c(=O)n(Cc2ccccc2)c2ccccc21)c1cccs1. The Morgan fingerprint density at radius 1 is 0.906 bits per heavy atom. The number of amides is 1. The number of hydrogen-bond acceptors (Lipinski definition) is 4. The summed E-state index contributed by atoms with van der Waals surface area (Å²) in [6, 6.07) is 20.6. The Hall–Kier alpha value is -3.45. The zero-order chi connectivity index (χ0) is 22.5. The van der Waals surface area contributed by atoms with Gasteiger partial charge in [0.15, 0.2) is 0 Å². The molecular formula is C25H25N3O3S. The number of thiophene rings is 1. The van der Waals surface area contributed by atoms with Gasteiger partial charge in [-0.1, -0.05) is 61.9 Å². The Kier molecular flexibility index (Phi) is 6.66.